The van der Waals surface area contributed by atoms with E-state index in [0.29, 0.717) is 25.6 Å². The van der Waals surface area contributed by atoms with Crippen molar-refractivity contribution >= 4 is 17.3 Å². The SMILES string of the molecule is CN=C(NCc1ccc(N2CC=CC2)cc1)NC1CCN(c2c(F)cccc2F)C1. The number of anilines is 2. The van der Waals surface area contributed by atoms with Crippen LogP contribution < -0.4 is 20.4 Å². The normalized spacial score (nSPS) is 18.9. The Hall–Kier alpha value is -3.09. The number of rotatable bonds is 5. The van der Waals surface area contributed by atoms with Crippen LogP contribution in [0.15, 0.2) is 59.6 Å². The van der Waals surface area contributed by atoms with Gasteiger partial charge in [0.25, 0.3) is 0 Å². The van der Waals surface area contributed by atoms with Gasteiger partial charge in [-0.1, -0.05) is 30.4 Å². The molecule has 4 rings (SSSR count). The molecule has 0 spiro atoms. The number of benzene rings is 2. The zero-order valence-corrected chi connectivity index (χ0v) is 17.1. The summed E-state index contributed by atoms with van der Waals surface area (Å²) in [5, 5.41) is 6.69. The van der Waals surface area contributed by atoms with Crippen molar-refractivity contribution in [2.45, 2.75) is 19.0 Å². The molecule has 2 N–H and O–H groups in total. The molecule has 30 heavy (non-hydrogen) atoms. The third kappa shape index (κ3) is 4.56. The molecule has 1 atom stereocenters. The second-order valence-corrected chi connectivity index (χ2v) is 7.61. The minimum Gasteiger partial charge on any atom is -0.365 e. The average molecular weight is 412 g/mol. The Labute approximate surface area is 176 Å². The second kappa shape index (κ2) is 9.15. The molecule has 0 amide bonds. The van der Waals surface area contributed by atoms with Crippen molar-refractivity contribution in [3.05, 3.63) is 71.8 Å². The van der Waals surface area contributed by atoms with E-state index in [-0.39, 0.29) is 11.7 Å². The first-order valence-electron chi connectivity index (χ1n) is 10.3. The fourth-order valence-electron chi connectivity index (χ4n) is 3.96. The third-order valence-electron chi connectivity index (χ3n) is 5.59. The summed E-state index contributed by atoms with van der Waals surface area (Å²) < 4.78 is 28.1. The fraction of sp³-hybridized carbons (Fsp3) is 0.348. The Balaban J connectivity index is 1.29. The minimum atomic E-state index is -0.522. The van der Waals surface area contributed by atoms with E-state index in [2.05, 4.69) is 56.9 Å². The van der Waals surface area contributed by atoms with Gasteiger partial charge in [-0.25, -0.2) is 8.78 Å². The average Bonchev–Trinajstić information content (AvgIpc) is 3.44. The van der Waals surface area contributed by atoms with Crippen LogP contribution in [0.25, 0.3) is 0 Å². The van der Waals surface area contributed by atoms with Crippen molar-refractivity contribution in [2.75, 3.05) is 43.0 Å². The van der Waals surface area contributed by atoms with Crippen LogP contribution in [0.3, 0.4) is 0 Å². The number of guanidine groups is 1. The lowest BCUT2D eigenvalue weighted by atomic mass is 10.2. The van der Waals surface area contributed by atoms with Gasteiger partial charge in [0.1, 0.15) is 17.3 Å². The molecule has 2 aromatic carbocycles. The van der Waals surface area contributed by atoms with Crippen LogP contribution in [0, 0.1) is 11.6 Å². The highest BCUT2D eigenvalue weighted by Crippen LogP contribution is 2.26. The maximum atomic E-state index is 14.0. The Morgan fingerprint density at radius 3 is 2.40 bits per heavy atom. The van der Waals surface area contributed by atoms with E-state index < -0.39 is 11.6 Å². The van der Waals surface area contributed by atoms with Crippen LogP contribution in [-0.2, 0) is 6.54 Å². The van der Waals surface area contributed by atoms with E-state index in [9.17, 15) is 8.78 Å². The highest BCUT2D eigenvalue weighted by Gasteiger charge is 2.27. The van der Waals surface area contributed by atoms with Gasteiger partial charge in [0, 0.05) is 51.5 Å². The quantitative estimate of drug-likeness (QED) is 0.450. The summed E-state index contributed by atoms with van der Waals surface area (Å²) in [6.45, 7) is 3.69. The van der Waals surface area contributed by atoms with E-state index in [1.165, 1.54) is 23.9 Å². The molecule has 158 valence electrons. The van der Waals surface area contributed by atoms with Crippen LogP contribution >= 0.6 is 0 Å². The lowest BCUT2D eigenvalue weighted by Gasteiger charge is -2.21. The molecule has 0 saturated carbocycles. The van der Waals surface area contributed by atoms with Gasteiger partial charge >= 0.3 is 0 Å². The van der Waals surface area contributed by atoms with Gasteiger partial charge < -0.3 is 20.4 Å². The van der Waals surface area contributed by atoms with Gasteiger partial charge in [-0.3, -0.25) is 4.99 Å². The van der Waals surface area contributed by atoms with Gasteiger partial charge in [0.15, 0.2) is 5.96 Å². The van der Waals surface area contributed by atoms with Gasteiger partial charge in [-0.2, -0.15) is 0 Å². The van der Waals surface area contributed by atoms with Gasteiger partial charge in [-0.15, -0.1) is 0 Å². The molecule has 0 aliphatic carbocycles. The van der Waals surface area contributed by atoms with E-state index >= 15 is 0 Å². The predicted molar refractivity (Wildman–Crippen MR) is 118 cm³/mol. The molecule has 5 nitrogen and oxygen atoms in total. The number of nitrogens with one attached hydrogen (secondary N) is 2. The summed E-state index contributed by atoms with van der Waals surface area (Å²) in [5.41, 5.74) is 2.44. The van der Waals surface area contributed by atoms with Crippen molar-refractivity contribution < 1.29 is 8.78 Å². The zero-order chi connectivity index (χ0) is 20.9. The molecule has 2 aromatic rings. The monoisotopic (exact) mass is 411 g/mol. The number of aliphatic imine (C=N–C) groups is 1. The molecule has 2 aliphatic rings. The van der Waals surface area contributed by atoms with Gasteiger partial charge in [0.05, 0.1) is 0 Å². The molecule has 0 radical (unpaired) electrons. The number of para-hydroxylation sites is 1. The van der Waals surface area contributed by atoms with Crippen molar-refractivity contribution in [2.24, 2.45) is 4.99 Å². The molecule has 7 heteroatoms. The highest BCUT2D eigenvalue weighted by molar-refractivity contribution is 5.80. The fourth-order valence-corrected chi connectivity index (χ4v) is 3.96. The number of hydrogen-bond donors (Lipinski definition) is 2. The summed E-state index contributed by atoms with van der Waals surface area (Å²) in [7, 11) is 1.72. The van der Waals surface area contributed by atoms with E-state index in [4.69, 9.17) is 0 Å². The molecule has 0 aromatic heterocycles. The van der Waals surface area contributed by atoms with Crippen molar-refractivity contribution in [1.82, 2.24) is 10.6 Å². The largest absolute Gasteiger partial charge is 0.365 e. The number of hydrogen-bond acceptors (Lipinski definition) is 3. The Morgan fingerprint density at radius 1 is 1.03 bits per heavy atom. The smallest absolute Gasteiger partial charge is 0.191 e. The summed E-state index contributed by atoms with van der Waals surface area (Å²) in [4.78, 5) is 8.35. The molecule has 0 bridgehead atoms. The topological polar surface area (TPSA) is 42.9 Å². The minimum absolute atomic E-state index is 0.0537. The van der Waals surface area contributed by atoms with Crippen LogP contribution in [0.4, 0.5) is 20.2 Å². The molecule has 1 saturated heterocycles. The molecule has 2 heterocycles. The van der Waals surface area contributed by atoms with Gasteiger partial charge in [-0.05, 0) is 36.2 Å². The lowest BCUT2D eigenvalue weighted by Crippen LogP contribution is -2.44. The maximum Gasteiger partial charge on any atom is 0.191 e. The first-order chi connectivity index (χ1) is 14.6. The molecule has 2 aliphatic heterocycles. The van der Waals surface area contributed by atoms with E-state index in [1.54, 1.807) is 11.9 Å². The summed E-state index contributed by atoms with van der Waals surface area (Å²) in [6, 6.07) is 12.6. The van der Waals surface area contributed by atoms with Crippen LogP contribution in [0.5, 0.6) is 0 Å². The number of halogens is 2. The van der Waals surface area contributed by atoms with E-state index in [1.807, 2.05) is 0 Å². The molecule has 1 fully saturated rings. The standard InChI is InChI=1S/C23H27F2N5/c1-26-23(27-15-17-7-9-19(10-8-17)29-12-2-3-13-29)28-18-11-14-30(16-18)22-20(24)5-4-6-21(22)25/h2-10,18H,11-16H2,1H3,(H2,26,27,28). The first-order valence-corrected chi connectivity index (χ1v) is 10.3. The van der Waals surface area contributed by atoms with Crippen molar-refractivity contribution in [3.8, 4) is 0 Å². The highest BCUT2D eigenvalue weighted by atomic mass is 19.1. The Bertz CT molecular complexity index is 897. The summed E-state index contributed by atoms with van der Waals surface area (Å²) in [5.74, 6) is -0.360. The Kier molecular flexibility index (Phi) is 6.16. The lowest BCUT2D eigenvalue weighted by molar-refractivity contribution is 0.576. The molecular weight excluding hydrogens is 384 g/mol. The van der Waals surface area contributed by atoms with Crippen LogP contribution in [0.2, 0.25) is 0 Å². The Morgan fingerprint density at radius 2 is 1.73 bits per heavy atom. The third-order valence-corrected chi connectivity index (χ3v) is 5.59. The first kappa shape index (κ1) is 20.2. The van der Waals surface area contributed by atoms with Crippen LogP contribution in [-0.4, -0.2) is 45.2 Å². The second-order valence-electron chi connectivity index (χ2n) is 7.61. The van der Waals surface area contributed by atoms with Crippen LogP contribution in [0.1, 0.15) is 12.0 Å². The molecule has 1 unspecified atom stereocenters. The predicted octanol–water partition coefficient (Wildman–Crippen LogP) is 3.28. The van der Waals surface area contributed by atoms with Crippen molar-refractivity contribution in [3.63, 3.8) is 0 Å². The van der Waals surface area contributed by atoms with Crippen molar-refractivity contribution in [1.29, 1.82) is 0 Å². The maximum absolute atomic E-state index is 14.0. The van der Waals surface area contributed by atoms with E-state index in [0.717, 1.165) is 25.1 Å². The van der Waals surface area contributed by atoms with Gasteiger partial charge in [0.2, 0.25) is 0 Å². The number of nitrogens with zero attached hydrogens (tertiary/aromatic N) is 3. The summed E-state index contributed by atoms with van der Waals surface area (Å²) >= 11 is 0. The summed E-state index contributed by atoms with van der Waals surface area (Å²) in [6.07, 6.45) is 5.14. The zero-order valence-electron chi connectivity index (χ0n) is 17.1. The molecular formula is C23H27F2N5.